The largest absolute Gasteiger partial charge is 0.478 e. The fourth-order valence-corrected chi connectivity index (χ4v) is 3.94. The molecule has 0 unspecified atom stereocenters. The van der Waals surface area contributed by atoms with E-state index in [0.717, 1.165) is 4.31 Å². The third-order valence-corrected chi connectivity index (χ3v) is 5.14. The molecule has 21 heavy (non-hydrogen) atoms. The molecule has 1 aliphatic heterocycles. The van der Waals surface area contributed by atoms with Crippen molar-refractivity contribution in [2.45, 2.75) is 19.8 Å². The molecule has 2 N–H and O–H groups in total. The number of hydrogen-bond acceptors (Lipinski definition) is 4. The molecule has 116 valence electrons. The number of halogens is 1. The second-order valence-electron chi connectivity index (χ2n) is 4.79. The fraction of sp³-hybridized carbons (Fsp3) is 0.462. The van der Waals surface area contributed by atoms with Gasteiger partial charge in [0.1, 0.15) is 0 Å². The second kappa shape index (κ2) is 5.88. The monoisotopic (exact) mass is 316 g/mol. The number of aromatic carboxylic acids is 1. The molecule has 8 heteroatoms. The first-order chi connectivity index (χ1) is 9.86. The summed E-state index contributed by atoms with van der Waals surface area (Å²) in [6, 6.07) is 2.51. The third kappa shape index (κ3) is 3.10. The molecule has 0 aliphatic carbocycles. The van der Waals surface area contributed by atoms with Crippen molar-refractivity contribution in [2.24, 2.45) is 0 Å². The Morgan fingerprint density at radius 2 is 2.14 bits per heavy atom. The van der Waals surface area contributed by atoms with Gasteiger partial charge in [-0.1, -0.05) is 0 Å². The molecule has 1 aromatic rings. The zero-order valence-corrected chi connectivity index (χ0v) is 12.4. The Bertz CT molecular complexity index is 660. The summed E-state index contributed by atoms with van der Waals surface area (Å²) in [5.41, 5.74) is -0.359. The highest BCUT2D eigenvalue weighted by atomic mass is 32.2. The summed E-state index contributed by atoms with van der Waals surface area (Å²) in [6.07, 6.45) is 1.14. The van der Waals surface area contributed by atoms with Gasteiger partial charge in [0.2, 0.25) is 10.0 Å². The van der Waals surface area contributed by atoms with Gasteiger partial charge in [0.25, 0.3) is 0 Å². The van der Waals surface area contributed by atoms with Crippen molar-refractivity contribution in [1.82, 2.24) is 0 Å². The van der Waals surface area contributed by atoms with E-state index in [-0.39, 0.29) is 18.0 Å². The molecule has 0 atom stereocenters. The van der Waals surface area contributed by atoms with E-state index in [1.54, 1.807) is 6.92 Å². The Morgan fingerprint density at radius 3 is 2.71 bits per heavy atom. The van der Waals surface area contributed by atoms with Crippen LogP contribution in [0.2, 0.25) is 0 Å². The molecule has 0 bridgehead atoms. The molecule has 1 aliphatic rings. The number of hydrogen-bond donors (Lipinski definition) is 2. The van der Waals surface area contributed by atoms with E-state index >= 15 is 0 Å². The zero-order valence-electron chi connectivity index (χ0n) is 11.6. The minimum absolute atomic E-state index is 0.0553. The molecule has 1 aromatic carbocycles. The van der Waals surface area contributed by atoms with Gasteiger partial charge in [0.15, 0.2) is 5.82 Å². The van der Waals surface area contributed by atoms with Gasteiger partial charge in [-0.25, -0.2) is 17.6 Å². The summed E-state index contributed by atoms with van der Waals surface area (Å²) >= 11 is 0. The van der Waals surface area contributed by atoms with E-state index in [4.69, 9.17) is 5.11 Å². The van der Waals surface area contributed by atoms with Gasteiger partial charge in [-0.3, -0.25) is 4.31 Å². The number of carbonyl (C=O) groups is 1. The van der Waals surface area contributed by atoms with Crippen LogP contribution in [0.3, 0.4) is 0 Å². The quantitative estimate of drug-likeness (QED) is 0.886. The van der Waals surface area contributed by atoms with Crippen LogP contribution in [0.25, 0.3) is 0 Å². The Morgan fingerprint density at radius 1 is 1.43 bits per heavy atom. The van der Waals surface area contributed by atoms with Crippen molar-refractivity contribution in [3.63, 3.8) is 0 Å². The van der Waals surface area contributed by atoms with Gasteiger partial charge < -0.3 is 10.4 Å². The van der Waals surface area contributed by atoms with E-state index in [1.807, 2.05) is 0 Å². The number of carboxylic acids is 1. The Hall–Kier alpha value is -1.83. The van der Waals surface area contributed by atoms with Crippen LogP contribution in [-0.4, -0.2) is 38.3 Å². The predicted octanol–water partition coefficient (Wildman–Crippen LogP) is 1.89. The van der Waals surface area contributed by atoms with Crippen LogP contribution in [0, 0.1) is 5.82 Å². The Balaban J connectivity index is 2.58. The molecule has 0 radical (unpaired) electrons. The first kappa shape index (κ1) is 15.6. The lowest BCUT2D eigenvalue weighted by Crippen LogP contribution is -2.38. The predicted molar refractivity (Wildman–Crippen MR) is 77.9 cm³/mol. The van der Waals surface area contributed by atoms with Gasteiger partial charge >= 0.3 is 5.97 Å². The summed E-state index contributed by atoms with van der Waals surface area (Å²) < 4.78 is 39.5. The number of carboxylic acid groups (broad SMARTS) is 1. The Kier molecular flexibility index (Phi) is 4.36. The fourth-order valence-electron chi connectivity index (χ4n) is 2.31. The maximum atomic E-state index is 14.4. The van der Waals surface area contributed by atoms with Crippen molar-refractivity contribution < 1.29 is 22.7 Å². The lowest BCUT2D eigenvalue weighted by atomic mass is 10.1. The summed E-state index contributed by atoms with van der Waals surface area (Å²) in [4.78, 5) is 11.1. The van der Waals surface area contributed by atoms with Gasteiger partial charge in [0, 0.05) is 18.8 Å². The summed E-state index contributed by atoms with van der Waals surface area (Å²) in [5.74, 6) is -2.50. The van der Waals surface area contributed by atoms with Crippen LogP contribution in [0.15, 0.2) is 12.1 Å². The van der Waals surface area contributed by atoms with Crippen LogP contribution in [-0.2, 0) is 10.0 Å². The highest BCUT2D eigenvalue weighted by Crippen LogP contribution is 2.31. The molecule has 6 nitrogen and oxygen atoms in total. The minimum atomic E-state index is -3.60. The Labute approximate surface area is 122 Å². The van der Waals surface area contributed by atoms with E-state index < -0.39 is 27.4 Å². The summed E-state index contributed by atoms with van der Waals surface area (Å²) in [6.45, 7) is 2.48. The van der Waals surface area contributed by atoms with Crippen LogP contribution < -0.4 is 9.62 Å². The van der Waals surface area contributed by atoms with Crippen molar-refractivity contribution in [1.29, 1.82) is 0 Å². The first-order valence-corrected chi connectivity index (χ1v) is 8.29. The second-order valence-corrected chi connectivity index (χ2v) is 6.80. The molecule has 1 heterocycles. The van der Waals surface area contributed by atoms with Crippen LogP contribution in [0.1, 0.15) is 30.1 Å². The van der Waals surface area contributed by atoms with Crippen molar-refractivity contribution >= 4 is 27.4 Å². The summed E-state index contributed by atoms with van der Waals surface area (Å²) in [5, 5.41) is 12.0. The molecular formula is C13H17FN2O4S. The maximum Gasteiger partial charge on any atom is 0.338 e. The number of sulfonamides is 1. The van der Waals surface area contributed by atoms with E-state index in [0.29, 0.717) is 25.1 Å². The van der Waals surface area contributed by atoms with Crippen LogP contribution >= 0.6 is 0 Å². The SMILES string of the molecule is CCNc1cc(C(=O)O)c(F)c(N2CCCCS2(=O)=O)c1. The highest BCUT2D eigenvalue weighted by molar-refractivity contribution is 7.92. The smallest absolute Gasteiger partial charge is 0.338 e. The minimum Gasteiger partial charge on any atom is -0.478 e. The molecule has 1 fully saturated rings. The van der Waals surface area contributed by atoms with Gasteiger partial charge in [-0.2, -0.15) is 0 Å². The standard InChI is InChI=1S/C13H17FN2O4S/c1-2-15-9-7-10(13(17)18)12(14)11(8-9)16-5-3-4-6-21(16,19)20/h7-8,15H,2-6H2,1H3,(H,17,18). The molecule has 0 amide bonds. The molecule has 0 spiro atoms. The average Bonchev–Trinajstić information content (AvgIpc) is 2.40. The average molecular weight is 316 g/mol. The molecule has 0 aromatic heterocycles. The lowest BCUT2D eigenvalue weighted by molar-refractivity contribution is 0.0692. The van der Waals surface area contributed by atoms with E-state index in [2.05, 4.69) is 5.32 Å². The number of anilines is 2. The highest BCUT2D eigenvalue weighted by Gasteiger charge is 2.30. The van der Waals surface area contributed by atoms with E-state index in [9.17, 15) is 17.6 Å². The number of nitrogens with zero attached hydrogens (tertiary/aromatic N) is 1. The molecular weight excluding hydrogens is 299 g/mol. The molecule has 2 rings (SSSR count). The summed E-state index contributed by atoms with van der Waals surface area (Å²) in [7, 11) is -3.60. The number of benzene rings is 1. The van der Waals surface area contributed by atoms with Crippen LogP contribution in [0.4, 0.5) is 15.8 Å². The lowest BCUT2D eigenvalue weighted by Gasteiger charge is -2.29. The number of rotatable bonds is 4. The maximum absolute atomic E-state index is 14.4. The van der Waals surface area contributed by atoms with Gasteiger partial charge in [-0.05, 0) is 31.9 Å². The van der Waals surface area contributed by atoms with Gasteiger partial charge in [0.05, 0.1) is 17.0 Å². The number of nitrogens with one attached hydrogen (secondary N) is 1. The first-order valence-electron chi connectivity index (χ1n) is 6.68. The topological polar surface area (TPSA) is 86.7 Å². The van der Waals surface area contributed by atoms with Crippen molar-refractivity contribution in [2.75, 3.05) is 28.5 Å². The van der Waals surface area contributed by atoms with Crippen molar-refractivity contribution in [3.05, 3.63) is 23.5 Å². The third-order valence-electron chi connectivity index (χ3n) is 3.28. The molecule has 1 saturated heterocycles. The zero-order chi connectivity index (χ0) is 15.6. The van der Waals surface area contributed by atoms with Crippen molar-refractivity contribution in [3.8, 4) is 0 Å². The van der Waals surface area contributed by atoms with E-state index in [1.165, 1.54) is 12.1 Å². The van der Waals surface area contributed by atoms with Gasteiger partial charge in [-0.15, -0.1) is 0 Å². The van der Waals surface area contributed by atoms with Crippen LogP contribution in [0.5, 0.6) is 0 Å². The molecule has 0 saturated carbocycles. The normalized spacial score (nSPS) is 17.5.